The van der Waals surface area contributed by atoms with Gasteiger partial charge in [0.05, 0.1) is 6.10 Å². The molecule has 2 rings (SSSR count). The van der Waals surface area contributed by atoms with E-state index in [-0.39, 0.29) is 18.1 Å². The second kappa shape index (κ2) is 7.25. The van der Waals surface area contributed by atoms with Gasteiger partial charge >= 0.3 is 0 Å². The molecule has 4 heteroatoms. The summed E-state index contributed by atoms with van der Waals surface area (Å²) in [5.41, 5.74) is 5.69. The molecule has 0 radical (unpaired) electrons. The fraction of sp³-hybridized carbons (Fsp3) is 0.933. The zero-order valence-corrected chi connectivity index (χ0v) is 11.8. The number of aliphatic hydroxyl groups is 1. The average molecular weight is 268 g/mol. The van der Waals surface area contributed by atoms with Crippen molar-refractivity contribution in [3.8, 4) is 0 Å². The van der Waals surface area contributed by atoms with Gasteiger partial charge in [-0.2, -0.15) is 0 Å². The summed E-state index contributed by atoms with van der Waals surface area (Å²) >= 11 is 0. The summed E-state index contributed by atoms with van der Waals surface area (Å²) in [5, 5.41) is 12.6. The zero-order valence-electron chi connectivity index (χ0n) is 11.8. The first-order valence-corrected chi connectivity index (χ1v) is 7.85. The van der Waals surface area contributed by atoms with Crippen LogP contribution in [0.5, 0.6) is 0 Å². The Labute approximate surface area is 116 Å². The van der Waals surface area contributed by atoms with Crippen LogP contribution in [0.25, 0.3) is 0 Å². The number of amides is 1. The van der Waals surface area contributed by atoms with Gasteiger partial charge in [-0.05, 0) is 69.7 Å². The summed E-state index contributed by atoms with van der Waals surface area (Å²) < 4.78 is 0. The summed E-state index contributed by atoms with van der Waals surface area (Å²) in [6.45, 7) is 0.795. The maximum atomic E-state index is 12.0. The standard InChI is InChI=1S/C15H28N2O2/c16-10-12-3-1-11(2-4-12)9-15(19)17-13-5-7-14(18)8-6-13/h11-14,18H,1-10,16H2,(H,17,19). The van der Waals surface area contributed by atoms with Gasteiger partial charge in [0.15, 0.2) is 0 Å². The Balaban J connectivity index is 1.64. The Morgan fingerprint density at radius 2 is 1.58 bits per heavy atom. The average Bonchev–Trinajstić information content (AvgIpc) is 2.42. The summed E-state index contributed by atoms with van der Waals surface area (Å²) in [6, 6.07) is 0.288. The number of hydrogen-bond donors (Lipinski definition) is 3. The van der Waals surface area contributed by atoms with E-state index in [9.17, 15) is 9.90 Å². The van der Waals surface area contributed by atoms with Gasteiger partial charge in [0.2, 0.25) is 5.91 Å². The van der Waals surface area contributed by atoms with Gasteiger partial charge in [-0.3, -0.25) is 4.79 Å². The number of nitrogens with two attached hydrogens (primary N) is 1. The van der Waals surface area contributed by atoms with Crippen molar-refractivity contribution in [2.75, 3.05) is 6.54 Å². The maximum absolute atomic E-state index is 12.0. The number of hydrogen-bond acceptors (Lipinski definition) is 3. The molecule has 0 unspecified atom stereocenters. The molecule has 110 valence electrons. The molecule has 4 N–H and O–H groups in total. The molecule has 1 amide bonds. The molecule has 0 aromatic carbocycles. The molecular weight excluding hydrogens is 240 g/mol. The molecule has 0 bridgehead atoms. The van der Waals surface area contributed by atoms with Crippen molar-refractivity contribution in [3.63, 3.8) is 0 Å². The predicted molar refractivity (Wildman–Crippen MR) is 75.5 cm³/mol. The van der Waals surface area contributed by atoms with Crippen LogP contribution < -0.4 is 11.1 Å². The lowest BCUT2D eigenvalue weighted by Gasteiger charge is -2.29. The second-order valence-corrected chi connectivity index (χ2v) is 6.40. The van der Waals surface area contributed by atoms with Crippen LogP contribution in [0.1, 0.15) is 57.8 Å². The molecule has 4 nitrogen and oxygen atoms in total. The molecule has 0 aromatic rings. The van der Waals surface area contributed by atoms with E-state index < -0.39 is 0 Å². The van der Waals surface area contributed by atoms with E-state index in [1.54, 1.807) is 0 Å². The van der Waals surface area contributed by atoms with Crippen molar-refractivity contribution in [1.29, 1.82) is 0 Å². The number of carbonyl (C=O) groups excluding carboxylic acids is 1. The first kappa shape index (κ1) is 14.8. The molecule has 0 aliphatic heterocycles. The zero-order chi connectivity index (χ0) is 13.7. The summed E-state index contributed by atoms with van der Waals surface area (Å²) in [6.07, 6.45) is 8.69. The SMILES string of the molecule is NCC1CCC(CC(=O)NC2CCC(O)CC2)CC1. The minimum Gasteiger partial charge on any atom is -0.393 e. The molecule has 19 heavy (non-hydrogen) atoms. The number of carbonyl (C=O) groups is 1. The van der Waals surface area contributed by atoms with Crippen LogP contribution in [0, 0.1) is 11.8 Å². The molecule has 2 fully saturated rings. The number of nitrogens with one attached hydrogen (secondary N) is 1. The van der Waals surface area contributed by atoms with Crippen LogP contribution in [0.3, 0.4) is 0 Å². The van der Waals surface area contributed by atoms with Crippen LogP contribution >= 0.6 is 0 Å². The van der Waals surface area contributed by atoms with E-state index in [1.807, 2.05) is 0 Å². The lowest BCUT2D eigenvalue weighted by atomic mass is 9.80. The van der Waals surface area contributed by atoms with Crippen molar-refractivity contribution in [2.45, 2.75) is 69.9 Å². The molecule has 0 spiro atoms. The molecule has 0 heterocycles. The van der Waals surface area contributed by atoms with Crippen molar-refractivity contribution < 1.29 is 9.90 Å². The van der Waals surface area contributed by atoms with E-state index in [0.717, 1.165) is 45.1 Å². The van der Waals surface area contributed by atoms with Crippen molar-refractivity contribution in [2.24, 2.45) is 17.6 Å². The van der Waals surface area contributed by atoms with Gasteiger partial charge in [-0.1, -0.05) is 0 Å². The van der Waals surface area contributed by atoms with Gasteiger partial charge < -0.3 is 16.2 Å². The number of aliphatic hydroxyl groups excluding tert-OH is 1. The summed E-state index contributed by atoms with van der Waals surface area (Å²) in [5.74, 6) is 1.44. The van der Waals surface area contributed by atoms with Gasteiger partial charge in [-0.25, -0.2) is 0 Å². The monoisotopic (exact) mass is 268 g/mol. The highest BCUT2D eigenvalue weighted by Crippen LogP contribution is 2.30. The van der Waals surface area contributed by atoms with Crippen LogP contribution in [0.15, 0.2) is 0 Å². The van der Waals surface area contributed by atoms with E-state index in [1.165, 1.54) is 12.8 Å². The molecule has 2 aliphatic carbocycles. The Hall–Kier alpha value is -0.610. The lowest BCUT2D eigenvalue weighted by molar-refractivity contribution is -0.123. The third-order valence-corrected chi connectivity index (χ3v) is 4.84. The van der Waals surface area contributed by atoms with Crippen molar-refractivity contribution >= 4 is 5.91 Å². The maximum Gasteiger partial charge on any atom is 0.220 e. The highest BCUT2D eigenvalue weighted by molar-refractivity contribution is 5.76. The fourth-order valence-electron chi connectivity index (χ4n) is 3.44. The largest absolute Gasteiger partial charge is 0.393 e. The Morgan fingerprint density at radius 3 is 2.16 bits per heavy atom. The normalized spacial score (nSPS) is 35.9. The topological polar surface area (TPSA) is 75.4 Å². The Morgan fingerprint density at radius 1 is 1.00 bits per heavy atom. The van der Waals surface area contributed by atoms with Gasteiger partial charge in [-0.15, -0.1) is 0 Å². The van der Waals surface area contributed by atoms with Gasteiger partial charge in [0, 0.05) is 12.5 Å². The quantitative estimate of drug-likeness (QED) is 0.724. The van der Waals surface area contributed by atoms with Crippen LogP contribution in [-0.4, -0.2) is 29.7 Å². The van der Waals surface area contributed by atoms with E-state index in [0.29, 0.717) is 18.3 Å². The van der Waals surface area contributed by atoms with E-state index in [2.05, 4.69) is 5.32 Å². The van der Waals surface area contributed by atoms with Crippen LogP contribution in [0.2, 0.25) is 0 Å². The first-order valence-electron chi connectivity index (χ1n) is 7.85. The van der Waals surface area contributed by atoms with Crippen LogP contribution in [0.4, 0.5) is 0 Å². The minimum atomic E-state index is -0.153. The highest BCUT2D eigenvalue weighted by atomic mass is 16.3. The fourth-order valence-corrected chi connectivity index (χ4v) is 3.44. The first-order chi connectivity index (χ1) is 9.17. The van der Waals surface area contributed by atoms with Gasteiger partial charge in [0.1, 0.15) is 0 Å². The third-order valence-electron chi connectivity index (χ3n) is 4.84. The van der Waals surface area contributed by atoms with Gasteiger partial charge in [0.25, 0.3) is 0 Å². The van der Waals surface area contributed by atoms with E-state index >= 15 is 0 Å². The Kier molecular flexibility index (Phi) is 5.64. The summed E-state index contributed by atoms with van der Waals surface area (Å²) in [4.78, 5) is 12.0. The molecule has 0 saturated heterocycles. The molecule has 2 aliphatic rings. The van der Waals surface area contributed by atoms with Crippen molar-refractivity contribution in [1.82, 2.24) is 5.32 Å². The smallest absolute Gasteiger partial charge is 0.220 e. The van der Waals surface area contributed by atoms with Crippen molar-refractivity contribution in [3.05, 3.63) is 0 Å². The predicted octanol–water partition coefficient (Wildman–Crippen LogP) is 1.56. The lowest BCUT2D eigenvalue weighted by Crippen LogP contribution is -2.39. The number of rotatable bonds is 4. The molecule has 0 atom stereocenters. The van der Waals surface area contributed by atoms with E-state index in [4.69, 9.17) is 5.73 Å². The van der Waals surface area contributed by atoms with Crippen LogP contribution in [-0.2, 0) is 4.79 Å². The highest BCUT2D eigenvalue weighted by Gasteiger charge is 2.24. The minimum absolute atomic E-state index is 0.153. The third kappa shape index (κ3) is 4.77. The molecular formula is C15H28N2O2. The summed E-state index contributed by atoms with van der Waals surface area (Å²) in [7, 11) is 0. The Bertz CT molecular complexity index is 280. The molecule has 2 saturated carbocycles. The second-order valence-electron chi connectivity index (χ2n) is 6.40. The molecule has 0 aromatic heterocycles.